The predicted molar refractivity (Wildman–Crippen MR) is 77.1 cm³/mol. The number of hydrogen-bond donors (Lipinski definition) is 0. The van der Waals surface area contributed by atoms with Gasteiger partial charge >= 0.3 is 0 Å². The third kappa shape index (κ3) is 3.24. The fourth-order valence-corrected chi connectivity index (χ4v) is 1.90. The Hall–Kier alpha value is -2.14. The highest BCUT2D eigenvalue weighted by Gasteiger charge is 2.17. The standard InChI is InChI=1S/C14H13ClN2O3/c1-9(2)20-11-5-3-10(4-6-11)14-12(17(18)19)7-8-13(15)16-14/h3-9H,1-2H3. The first-order valence-electron chi connectivity index (χ1n) is 6.05. The topological polar surface area (TPSA) is 65.3 Å². The Balaban J connectivity index is 2.41. The monoisotopic (exact) mass is 292 g/mol. The highest BCUT2D eigenvalue weighted by atomic mass is 35.5. The number of nitrogens with zero attached hydrogens (tertiary/aromatic N) is 2. The van der Waals surface area contributed by atoms with Gasteiger partial charge in [0.05, 0.1) is 11.0 Å². The van der Waals surface area contributed by atoms with E-state index in [0.29, 0.717) is 11.3 Å². The summed E-state index contributed by atoms with van der Waals surface area (Å²) in [5.74, 6) is 0.702. The van der Waals surface area contributed by atoms with Crippen LogP contribution < -0.4 is 4.74 Å². The minimum absolute atomic E-state index is 0.0690. The van der Waals surface area contributed by atoms with E-state index in [2.05, 4.69) is 4.98 Å². The number of nitro groups is 1. The van der Waals surface area contributed by atoms with Gasteiger partial charge in [-0.05, 0) is 44.2 Å². The molecule has 0 atom stereocenters. The maximum absolute atomic E-state index is 11.0. The first-order valence-corrected chi connectivity index (χ1v) is 6.43. The molecule has 0 aliphatic rings. The molecule has 6 heteroatoms. The van der Waals surface area contributed by atoms with Crippen LogP contribution in [0.5, 0.6) is 5.75 Å². The summed E-state index contributed by atoms with van der Waals surface area (Å²) in [5, 5.41) is 11.2. The van der Waals surface area contributed by atoms with Crippen LogP contribution in [0.1, 0.15) is 13.8 Å². The summed E-state index contributed by atoms with van der Waals surface area (Å²) in [7, 11) is 0. The van der Waals surface area contributed by atoms with Gasteiger partial charge in [-0.1, -0.05) is 11.6 Å². The molecule has 5 nitrogen and oxygen atoms in total. The van der Waals surface area contributed by atoms with Crippen molar-refractivity contribution in [1.29, 1.82) is 0 Å². The van der Waals surface area contributed by atoms with Gasteiger partial charge in [0.15, 0.2) is 0 Å². The van der Waals surface area contributed by atoms with Crippen molar-refractivity contribution in [2.75, 3.05) is 0 Å². The highest BCUT2D eigenvalue weighted by Crippen LogP contribution is 2.30. The van der Waals surface area contributed by atoms with Crippen LogP contribution in [-0.4, -0.2) is 16.0 Å². The molecule has 0 unspecified atom stereocenters. The van der Waals surface area contributed by atoms with E-state index in [1.807, 2.05) is 13.8 Å². The number of aromatic nitrogens is 1. The average Bonchev–Trinajstić information content (AvgIpc) is 2.38. The van der Waals surface area contributed by atoms with Crippen LogP contribution in [0, 0.1) is 10.1 Å². The first-order chi connectivity index (χ1) is 9.47. The zero-order valence-corrected chi connectivity index (χ0v) is 11.8. The van der Waals surface area contributed by atoms with Gasteiger partial charge in [0.1, 0.15) is 16.6 Å². The van der Waals surface area contributed by atoms with Crippen molar-refractivity contribution in [3.05, 3.63) is 51.7 Å². The first kappa shape index (κ1) is 14.3. The normalized spacial score (nSPS) is 10.6. The zero-order valence-electron chi connectivity index (χ0n) is 11.0. The molecule has 0 N–H and O–H groups in total. The maximum atomic E-state index is 11.0. The Bertz CT molecular complexity index is 627. The molecule has 0 bridgehead atoms. The van der Waals surface area contributed by atoms with Crippen molar-refractivity contribution in [1.82, 2.24) is 4.98 Å². The van der Waals surface area contributed by atoms with Gasteiger partial charge in [-0.15, -0.1) is 0 Å². The predicted octanol–water partition coefficient (Wildman–Crippen LogP) is 4.10. The number of pyridine rings is 1. The van der Waals surface area contributed by atoms with Gasteiger partial charge in [0, 0.05) is 11.6 Å². The third-order valence-electron chi connectivity index (χ3n) is 2.54. The lowest BCUT2D eigenvalue weighted by atomic mass is 10.1. The van der Waals surface area contributed by atoms with E-state index >= 15 is 0 Å². The second-order valence-electron chi connectivity index (χ2n) is 4.45. The molecule has 2 rings (SSSR count). The Kier molecular flexibility index (Phi) is 4.20. The van der Waals surface area contributed by atoms with E-state index in [-0.39, 0.29) is 22.6 Å². The SMILES string of the molecule is CC(C)Oc1ccc(-c2nc(Cl)ccc2[N+](=O)[O-])cc1. The zero-order chi connectivity index (χ0) is 14.7. The molecule has 2 aromatic rings. The van der Waals surface area contributed by atoms with Gasteiger partial charge in [-0.2, -0.15) is 0 Å². The van der Waals surface area contributed by atoms with Crippen molar-refractivity contribution in [3.63, 3.8) is 0 Å². The van der Waals surface area contributed by atoms with E-state index in [0.717, 1.165) is 0 Å². The maximum Gasteiger partial charge on any atom is 0.295 e. The van der Waals surface area contributed by atoms with Crippen LogP contribution in [0.2, 0.25) is 5.15 Å². The lowest BCUT2D eigenvalue weighted by Gasteiger charge is -2.10. The molecular weight excluding hydrogens is 280 g/mol. The highest BCUT2D eigenvalue weighted by molar-refractivity contribution is 6.29. The van der Waals surface area contributed by atoms with E-state index in [1.54, 1.807) is 24.3 Å². The van der Waals surface area contributed by atoms with Crippen LogP contribution in [0.3, 0.4) is 0 Å². The molecule has 0 spiro atoms. The second kappa shape index (κ2) is 5.88. The Morgan fingerprint density at radius 1 is 1.20 bits per heavy atom. The Morgan fingerprint density at radius 2 is 1.85 bits per heavy atom. The smallest absolute Gasteiger partial charge is 0.295 e. The van der Waals surface area contributed by atoms with Crippen molar-refractivity contribution < 1.29 is 9.66 Å². The quantitative estimate of drug-likeness (QED) is 0.483. The summed E-state index contributed by atoms with van der Waals surface area (Å²) < 4.78 is 5.53. The van der Waals surface area contributed by atoms with E-state index in [4.69, 9.17) is 16.3 Å². The Labute approximate surface area is 121 Å². The molecule has 0 aliphatic heterocycles. The van der Waals surface area contributed by atoms with Crippen molar-refractivity contribution in [2.45, 2.75) is 20.0 Å². The van der Waals surface area contributed by atoms with Crippen LogP contribution in [0.25, 0.3) is 11.3 Å². The summed E-state index contributed by atoms with van der Waals surface area (Å²) in [6.07, 6.45) is 0.0690. The molecule has 1 aromatic carbocycles. The van der Waals surface area contributed by atoms with Crippen LogP contribution in [0.15, 0.2) is 36.4 Å². The van der Waals surface area contributed by atoms with E-state index in [1.165, 1.54) is 12.1 Å². The molecule has 0 saturated carbocycles. The number of hydrogen-bond acceptors (Lipinski definition) is 4. The number of ether oxygens (including phenoxy) is 1. The number of rotatable bonds is 4. The molecule has 1 heterocycles. The summed E-state index contributed by atoms with van der Waals surface area (Å²) >= 11 is 5.81. The van der Waals surface area contributed by atoms with Gasteiger partial charge in [0.25, 0.3) is 5.69 Å². The fourth-order valence-electron chi connectivity index (χ4n) is 1.75. The molecular formula is C14H13ClN2O3. The van der Waals surface area contributed by atoms with Crippen LogP contribution in [-0.2, 0) is 0 Å². The van der Waals surface area contributed by atoms with Gasteiger partial charge in [0.2, 0.25) is 0 Å². The summed E-state index contributed by atoms with van der Waals surface area (Å²) in [6, 6.07) is 9.71. The lowest BCUT2D eigenvalue weighted by molar-refractivity contribution is -0.384. The van der Waals surface area contributed by atoms with Crippen molar-refractivity contribution in [2.24, 2.45) is 0 Å². The summed E-state index contributed by atoms with van der Waals surface area (Å²) in [5.41, 5.74) is 0.792. The molecule has 0 fully saturated rings. The molecule has 20 heavy (non-hydrogen) atoms. The minimum Gasteiger partial charge on any atom is -0.491 e. The van der Waals surface area contributed by atoms with E-state index in [9.17, 15) is 10.1 Å². The molecule has 0 radical (unpaired) electrons. The molecule has 104 valence electrons. The van der Waals surface area contributed by atoms with Crippen LogP contribution >= 0.6 is 11.6 Å². The summed E-state index contributed by atoms with van der Waals surface area (Å²) in [6.45, 7) is 3.86. The molecule has 0 saturated heterocycles. The average molecular weight is 293 g/mol. The largest absolute Gasteiger partial charge is 0.491 e. The third-order valence-corrected chi connectivity index (χ3v) is 2.75. The lowest BCUT2D eigenvalue weighted by Crippen LogP contribution is -2.05. The Morgan fingerprint density at radius 3 is 2.40 bits per heavy atom. The van der Waals surface area contributed by atoms with Crippen molar-refractivity contribution in [3.8, 4) is 17.0 Å². The van der Waals surface area contributed by atoms with Crippen molar-refractivity contribution >= 4 is 17.3 Å². The minimum atomic E-state index is -0.475. The fraction of sp³-hybridized carbons (Fsp3) is 0.214. The van der Waals surface area contributed by atoms with Gasteiger partial charge in [-0.3, -0.25) is 10.1 Å². The number of benzene rings is 1. The van der Waals surface area contributed by atoms with Gasteiger partial charge in [-0.25, -0.2) is 4.98 Å². The molecule has 0 amide bonds. The molecule has 0 aliphatic carbocycles. The summed E-state index contributed by atoms with van der Waals surface area (Å²) in [4.78, 5) is 14.6. The second-order valence-corrected chi connectivity index (χ2v) is 4.84. The number of halogens is 1. The van der Waals surface area contributed by atoms with Gasteiger partial charge < -0.3 is 4.74 Å². The van der Waals surface area contributed by atoms with Crippen LogP contribution in [0.4, 0.5) is 5.69 Å². The molecule has 1 aromatic heterocycles. The van der Waals surface area contributed by atoms with E-state index < -0.39 is 4.92 Å².